The van der Waals surface area contributed by atoms with Crippen LogP contribution in [0.3, 0.4) is 0 Å². The average Bonchev–Trinajstić information content (AvgIpc) is 2.61. The zero-order valence-corrected chi connectivity index (χ0v) is 9.57. The SMILES string of the molecule is CN=C(N)NCc1nccn1CC(C)C. The summed E-state index contributed by atoms with van der Waals surface area (Å²) in [4.78, 5) is 8.09. The summed E-state index contributed by atoms with van der Waals surface area (Å²) in [6, 6.07) is 0. The molecule has 1 aromatic heterocycles. The van der Waals surface area contributed by atoms with Gasteiger partial charge in [-0.1, -0.05) is 13.8 Å². The van der Waals surface area contributed by atoms with Gasteiger partial charge in [0, 0.05) is 26.0 Å². The Kier molecular flexibility index (Phi) is 4.15. The van der Waals surface area contributed by atoms with E-state index in [1.165, 1.54) is 0 Å². The molecule has 1 aromatic rings. The summed E-state index contributed by atoms with van der Waals surface area (Å²) < 4.78 is 2.13. The van der Waals surface area contributed by atoms with Gasteiger partial charge < -0.3 is 15.6 Å². The highest BCUT2D eigenvalue weighted by molar-refractivity contribution is 5.77. The van der Waals surface area contributed by atoms with Gasteiger partial charge in [0.05, 0.1) is 6.54 Å². The van der Waals surface area contributed by atoms with Gasteiger partial charge in [0.1, 0.15) is 5.82 Å². The van der Waals surface area contributed by atoms with Crippen molar-refractivity contribution in [3.05, 3.63) is 18.2 Å². The number of guanidine groups is 1. The molecule has 0 radical (unpaired) electrons. The van der Waals surface area contributed by atoms with Gasteiger partial charge in [0.2, 0.25) is 0 Å². The third-order valence-electron chi connectivity index (χ3n) is 2.03. The second-order valence-corrected chi connectivity index (χ2v) is 3.85. The lowest BCUT2D eigenvalue weighted by Gasteiger charge is -2.10. The van der Waals surface area contributed by atoms with Crippen LogP contribution in [0.4, 0.5) is 0 Å². The fraction of sp³-hybridized carbons (Fsp3) is 0.600. The predicted molar refractivity (Wildman–Crippen MR) is 61.5 cm³/mol. The van der Waals surface area contributed by atoms with Gasteiger partial charge in [-0.15, -0.1) is 0 Å². The summed E-state index contributed by atoms with van der Waals surface area (Å²) in [6.07, 6.45) is 3.79. The minimum atomic E-state index is 0.439. The molecule has 0 atom stereocenters. The number of imidazole rings is 1. The van der Waals surface area contributed by atoms with Crippen molar-refractivity contribution in [2.24, 2.45) is 16.6 Å². The molecule has 15 heavy (non-hydrogen) atoms. The lowest BCUT2D eigenvalue weighted by molar-refractivity contribution is 0.504. The van der Waals surface area contributed by atoms with E-state index in [9.17, 15) is 0 Å². The summed E-state index contributed by atoms with van der Waals surface area (Å²) in [5, 5.41) is 2.99. The normalized spacial score (nSPS) is 12.1. The van der Waals surface area contributed by atoms with E-state index in [0.717, 1.165) is 12.4 Å². The van der Waals surface area contributed by atoms with E-state index in [1.54, 1.807) is 13.2 Å². The second-order valence-electron chi connectivity index (χ2n) is 3.85. The van der Waals surface area contributed by atoms with Crippen LogP contribution in [0.1, 0.15) is 19.7 Å². The number of aromatic nitrogens is 2. The van der Waals surface area contributed by atoms with E-state index in [4.69, 9.17) is 5.73 Å². The molecule has 0 aromatic carbocycles. The first kappa shape index (κ1) is 11.6. The minimum Gasteiger partial charge on any atom is -0.370 e. The highest BCUT2D eigenvalue weighted by Gasteiger charge is 2.04. The van der Waals surface area contributed by atoms with Crippen LogP contribution in [0.5, 0.6) is 0 Å². The fourth-order valence-corrected chi connectivity index (χ4v) is 1.32. The first-order valence-corrected chi connectivity index (χ1v) is 5.09. The van der Waals surface area contributed by atoms with Gasteiger partial charge in [0.25, 0.3) is 0 Å². The van der Waals surface area contributed by atoms with Gasteiger partial charge in [-0.05, 0) is 5.92 Å². The molecule has 0 aliphatic rings. The molecular weight excluding hydrogens is 190 g/mol. The van der Waals surface area contributed by atoms with Crippen molar-refractivity contribution in [2.75, 3.05) is 7.05 Å². The fourth-order valence-electron chi connectivity index (χ4n) is 1.32. The topological polar surface area (TPSA) is 68.2 Å². The minimum absolute atomic E-state index is 0.439. The predicted octanol–water partition coefficient (Wildman–Crippen LogP) is 0.573. The zero-order chi connectivity index (χ0) is 11.3. The maximum atomic E-state index is 5.54. The second kappa shape index (κ2) is 5.38. The molecule has 0 saturated carbocycles. The van der Waals surface area contributed by atoms with E-state index in [2.05, 4.69) is 33.7 Å². The van der Waals surface area contributed by atoms with Crippen LogP contribution in [-0.4, -0.2) is 22.6 Å². The van der Waals surface area contributed by atoms with Crippen molar-refractivity contribution >= 4 is 5.96 Å². The molecule has 0 saturated heterocycles. The first-order chi connectivity index (χ1) is 7.13. The molecule has 0 bridgehead atoms. The van der Waals surface area contributed by atoms with Gasteiger partial charge in [0.15, 0.2) is 5.96 Å². The molecule has 0 spiro atoms. The Labute approximate surface area is 90.4 Å². The molecule has 0 unspecified atom stereocenters. The number of aliphatic imine (C=N–C) groups is 1. The van der Waals surface area contributed by atoms with E-state index in [1.807, 2.05) is 6.20 Å². The van der Waals surface area contributed by atoms with Crippen LogP contribution in [0, 0.1) is 5.92 Å². The Morgan fingerprint density at radius 3 is 3.00 bits per heavy atom. The van der Waals surface area contributed by atoms with Crippen molar-refractivity contribution in [3.8, 4) is 0 Å². The molecule has 1 heterocycles. The largest absolute Gasteiger partial charge is 0.370 e. The molecule has 0 aliphatic heterocycles. The number of nitrogens with one attached hydrogen (secondary N) is 1. The molecule has 1 rings (SSSR count). The van der Waals surface area contributed by atoms with Crippen molar-refractivity contribution < 1.29 is 0 Å². The molecule has 0 fully saturated rings. The van der Waals surface area contributed by atoms with Crippen molar-refractivity contribution in [3.63, 3.8) is 0 Å². The number of nitrogens with zero attached hydrogens (tertiary/aromatic N) is 3. The van der Waals surface area contributed by atoms with Gasteiger partial charge in [-0.3, -0.25) is 4.99 Å². The summed E-state index contributed by atoms with van der Waals surface area (Å²) in [5.74, 6) is 2.03. The quantitative estimate of drug-likeness (QED) is 0.563. The Bertz CT molecular complexity index is 326. The lowest BCUT2D eigenvalue weighted by Crippen LogP contribution is -2.31. The molecule has 0 amide bonds. The maximum absolute atomic E-state index is 5.54. The molecule has 5 nitrogen and oxygen atoms in total. The summed E-state index contributed by atoms with van der Waals surface area (Å²) in [6.45, 7) is 5.95. The van der Waals surface area contributed by atoms with Crippen LogP contribution in [0.25, 0.3) is 0 Å². The van der Waals surface area contributed by atoms with Crippen LogP contribution >= 0.6 is 0 Å². The summed E-state index contributed by atoms with van der Waals surface area (Å²) in [7, 11) is 1.66. The van der Waals surface area contributed by atoms with E-state index >= 15 is 0 Å². The molecular formula is C10H19N5. The Morgan fingerprint density at radius 2 is 2.40 bits per heavy atom. The molecule has 0 aliphatic carbocycles. The number of hydrogen-bond donors (Lipinski definition) is 2. The zero-order valence-electron chi connectivity index (χ0n) is 9.57. The van der Waals surface area contributed by atoms with Gasteiger partial charge >= 0.3 is 0 Å². The van der Waals surface area contributed by atoms with Crippen LogP contribution in [0.15, 0.2) is 17.4 Å². The highest BCUT2D eigenvalue weighted by Crippen LogP contribution is 2.03. The molecule has 3 N–H and O–H groups in total. The Balaban J connectivity index is 2.57. The number of nitrogens with two attached hydrogens (primary N) is 1. The first-order valence-electron chi connectivity index (χ1n) is 5.09. The van der Waals surface area contributed by atoms with Crippen LogP contribution < -0.4 is 11.1 Å². The third kappa shape index (κ3) is 3.61. The van der Waals surface area contributed by atoms with Crippen molar-refractivity contribution in [1.29, 1.82) is 0 Å². The van der Waals surface area contributed by atoms with Crippen molar-refractivity contribution in [2.45, 2.75) is 26.9 Å². The maximum Gasteiger partial charge on any atom is 0.188 e. The standard InChI is InChI=1S/C10H19N5/c1-8(2)7-15-5-4-13-9(15)6-14-10(11)12-3/h4-5,8H,6-7H2,1-3H3,(H3,11,12,14). The van der Waals surface area contributed by atoms with Gasteiger partial charge in [-0.2, -0.15) is 0 Å². The Hall–Kier alpha value is -1.52. The summed E-state index contributed by atoms with van der Waals surface area (Å²) in [5.41, 5.74) is 5.54. The number of hydrogen-bond acceptors (Lipinski definition) is 2. The van der Waals surface area contributed by atoms with Gasteiger partial charge in [-0.25, -0.2) is 4.98 Å². The highest BCUT2D eigenvalue weighted by atomic mass is 15.1. The number of rotatable bonds is 4. The van der Waals surface area contributed by atoms with Crippen LogP contribution in [-0.2, 0) is 13.1 Å². The summed E-state index contributed by atoms with van der Waals surface area (Å²) >= 11 is 0. The Morgan fingerprint density at radius 1 is 1.67 bits per heavy atom. The smallest absolute Gasteiger partial charge is 0.188 e. The third-order valence-corrected chi connectivity index (χ3v) is 2.03. The van der Waals surface area contributed by atoms with E-state index in [0.29, 0.717) is 18.4 Å². The molecule has 84 valence electrons. The van der Waals surface area contributed by atoms with Crippen molar-refractivity contribution in [1.82, 2.24) is 14.9 Å². The molecule has 5 heteroatoms. The average molecular weight is 209 g/mol. The van der Waals surface area contributed by atoms with Crippen LogP contribution in [0.2, 0.25) is 0 Å². The monoisotopic (exact) mass is 209 g/mol. The van der Waals surface area contributed by atoms with E-state index < -0.39 is 0 Å². The lowest BCUT2D eigenvalue weighted by atomic mass is 10.2. The van der Waals surface area contributed by atoms with E-state index in [-0.39, 0.29) is 0 Å².